The van der Waals surface area contributed by atoms with Gasteiger partial charge < -0.3 is 5.32 Å². The van der Waals surface area contributed by atoms with Crippen LogP contribution in [0.4, 0.5) is 0 Å². The van der Waals surface area contributed by atoms with Crippen LogP contribution in [0.1, 0.15) is 59.3 Å². The molecular formula is C16H27NO2. The predicted octanol–water partition coefficient (Wildman–Crippen LogP) is 3.55. The van der Waals surface area contributed by atoms with Crippen molar-refractivity contribution >= 4 is 12.6 Å². The van der Waals surface area contributed by atoms with E-state index in [-0.39, 0.29) is 5.57 Å². The lowest BCUT2D eigenvalue weighted by atomic mass is 10.1. The van der Waals surface area contributed by atoms with Crippen LogP contribution in [0.2, 0.25) is 0 Å². The maximum atomic E-state index is 10.7. The molecule has 108 valence electrons. The Morgan fingerprint density at radius 2 is 1.63 bits per heavy atom. The van der Waals surface area contributed by atoms with Crippen LogP contribution in [0.25, 0.3) is 0 Å². The van der Waals surface area contributed by atoms with Gasteiger partial charge in [0.2, 0.25) is 0 Å². The summed E-state index contributed by atoms with van der Waals surface area (Å²) in [5.74, 6) is 0. The molecule has 0 aromatic heterocycles. The average Bonchev–Trinajstić information content (AvgIpc) is 2.43. The van der Waals surface area contributed by atoms with Crippen LogP contribution in [-0.4, -0.2) is 19.1 Å². The van der Waals surface area contributed by atoms with Crippen molar-refractivity contribution in [3.8, 4) is 0 Å². The van der Waals surface area contributed by atoms with Gasteiger partial charge in [0.25, 0.3) is 0 Å². The third-order valence-corrected chi connectivity index (χ3v) is 3.03. The summed E-state index contributed by atoms with van der Waals surface area (Å²) in [6.07, 6.45) is 9.65. The van der Waals surface area contributed by atoms with Gasteiger partial charge in [0.05, 0.1) is 5.57 Å². The van der Waals surface area contributed by atoms with Crippen molar-refractivity contribution in [1.82, 2.24) is 5.32 Å². The van der Waals surface area contributed by atoms with Crippen molar-refractivity contribution in [2.45, 2.75) is 59.3 Å². The number of aldehydes is 2. The Balaban J connectivity index is 4.78. The first-order chi connectivity index (χ1) is 9.19. The fourth-order valence-corrected chi connectivity index (χ4v) is 1.83. The fourth-order valence-electron chi connectivity index (χ4n) is 1.83. The quantitative estimate of drug-likeness (QED) is 0.155. The van der Waals surface area contributed by atoms with E-state index >= 15 is 0 Å². The maximum absolute atomic E-state index is 10.7. The van der Waals surface area contributed by atoms with E-state index in [1.165, 1.54) is 12.8 Å². The average molecular weight is 265 g/mol. The molecule has 0 unspecified atom stereocenters. The smallest absolute Gasteiger partial charge is 0.153 e. The van der Waals surface area contributed by atoms with Crippen molar-refractivity contribution in [1.29, 1.82) is 0 Å². The molecule has 0 heterocycles. The highest BCUT2D eigenvalue weighted by Gasteiger charge is 2.02. The molecule has 0 aromatic rings. The zero-order valence-electron chi connectivity index (χ0n) is 12.5. The molecule has 19 heavy (non-hydrogen) atoms. The highest BCUT2D eigenvalue weighted by atomic mass is 16.1. The van der Waals surface area contributed by atoms with Gasteiger partial charge >= 0.3 is 0 Å². The Morgan fingerprint density at radius 3 is 2.16 bits per heavy atom. The van der Waals surface area contributed by atoms with Gasteiger partial charge in [0.15, 0.2) is 12.6 Å². The first-order valence-electron chi connectivity index (χ1n) is 7.25. The van der Waals surface area contributed by atoms with Crippen molar-refractivity contribution < 1.29 is 9.59 Å². The molecule has 0 saturated carbocycles. The van der Waals surface area contributed by atoms with Crippen LogP contribution in [0.15, 0.2) is 22.9 Å². The molecule has 0 aliphatic rings. The zero-order valence-corrected chi connectivity index (χ0v) is 12.5. The van der Waals surface area contributed by atoms with E-state index in [4.69, 9.17) is 0 Å². The van der Waals surface area contributed by atoms with Crippen LogP contribution in [0.5, 0.6) is 0 Å². The van der Waals surface area contributed by atoms with Crippen LogP contribution in [-0.2, 0) is 9.59 Å². The molecule has 0 aromatic carbocycles. The molecule has 0 bridgehead atoms. The minimum atomic E-state index is 0.197. The largest absolute Gasteiger partial charge is 0.388 e. The van der Waals surface area contributed by atoms with Gasteiger partial charge in [-0.3, -0.25) is 9.59 Å². The summed E-state index contributed by atoms with van der Waals surface area (Å²) in [5, 5.41) is 3.44. The molecule has 0 aliphatic carbocycles. The van der Waals surface area contributed by atoms with E-state index in [2.05, 4.69) is 19.2 Å². The minimum Gasteiger partial charge on any atom is -0.388 e. The first-order valence-corrected chi connectivity index (χ1v) is 7.25. The fraction of sp³-hybridized carbons (Fsp3) is 0.625. The molecule has 0 radical (unpaired) electrons. The standard InChI is InChI=1S/C16H27NO2/c1-4-6-8-9-16(17-10-7-5-2)14(3)11-15(12-18)13-19/h11-13,17H,4-10H2,1-3H3/b16-14-. The second-order valence-corrected chi connectivity index (χ2v) is 4.78. The van der Waals surface area contributed by atoms with E-state index in [0.29, 0.717) is 12.6 Å². The zero-order chi connectivity index (χ0) is 14.5. The van der Waals surface area contributed by atoms with Crippen molar-refractivity contribution in [3.63, 3.8) is 0 Å². The van der Waals surface area contributed by atoms with Crippen LogP contribution >= 0.6 is 0 Å². The molecule has 0 spiro atoms. The molecular weight excluding hydrogens is 238 g/mol. The third kappa shape index (κ3) is 8.36. The Kier molecular flexibility index (Phi) is 10.8. The molecule has 0 rings (SSSR count). The summed E-state index contributed by atoms with van der Waals surface area (Å²) in [7, 11) is 0. The molecule has 0 amide bonds. The van der Waals surface area contributed by atoms with E-state index in [1.54, 1.807) is 6.08 Å². The number of unbranched alkanes of at least 4 members (excludes halogenated alkanes) is 3. The minimum absolute atomic E-state index is 0.197. The number of allylic oxidation sites excluding steroid dienone is 4. The molecule has 1 N–H and O–H groups in total. The maximum Gasteiger partial charge on any atom is 0.153 e. The lowest BCUT2D eigenvalue weighted by molar-refractivity contribution is -0.109. The van der Waals surface area contributed by atoms with E-state index in [0.717, 1.165) is 43.5 Å². The van der Waals surface area contributed by atoms with Crippen LogP contribution in [0, 0.1) is 0 Å². The van der Waals surface area contributed by atoms with Gasteiger partial charge in [0.1, 0.15) is 0 Å². The summed E-state index contributed by atoms with van der Waals surface area (Å²) >= 11 is 0. The monoisotopic (exact) mass is 265 g/mol. The SMILES string of the molecule is CCCCC/C(NCCCC)=C(\C)C=C(C=O)C=O. The number of carbonyl (C=O) groups excluding carboxylic acids is 2. The topological polar surface area (TPSA) is 46.2 Å². The van der Waals surface area contributed by atoms with E-state index in [9.17, 15) is 9.59 Å². The molecule has 0 aliphatic heterocycles. The Bertz CT molecular complexity index is 308. The van der Waals surface area contributed by atoms with Gasteiger partial charge in [-0.05, 0) is 37.8 Å². The first kappa shape index (κ1) is 17.6. The number of carbonyl (C=O) groups is 2. The molecule has 0 fully saturated rings. The van der Waals surface area contributed by atoms with Crippen LogP contribution in [0.3, 0.4) is 0 Å². The number of hydrogen-bond acceptors (Lipinski definition) is 3. The van der Waals surface area contributed by atoms with Gasteiger partial charge in [-0.1, -0.05) is 33.1 Å². The molecule has 3 heteroatoms. The van der Waals surface area contributed by atoms with Gasteiger partial charge in [-0.25, -0.2) is 0 Å². The van der Waals surface area contributed by atoms with Crippen molar-refractivity contribution in [3.05, 3.63) is 22.9 Å². The number of nitrogens with one attached hydrogen (secondary N) is 1. The summed E-state index contributed by atoms with van der Waals surface area (Å²) in [6.45, 7) is 7.23. The van der Waals surface area contributed by atoms with Crippen molar-refractivity contribution in [2.24, 2.45) is 0 Å². The Hall–Kier alpha value is -1.38. The van der Waals surface area contributed by atoms with Gasteiger partial charge in [-0.15, -0.1) is 0 Å². The summed E-state index contributed by atoms with van der Waals surface area (Å²) in [6, 6.07) is 0. The Morgan fingerprint density at radius 1 is 1.00 bits per heavy atom. The lowest BCUT2D eigenvalue weighted by Gasteiger charge is -2.13. The third-order valence-electron chi connectivity index (χ3n) is 3.03. The summed E-state index contributed by atoms with van der Waals surface area (Å²) < 4.78 is 0. The number of hydrogen-bond donors (Lipinski definition) is 1. The van der Waals surface area contributed by atoms with E-state index < -0.39 is 0 Å². The molecule has 0 saturated heterocycles. The normalized spacial score (nSPS) is 11.5. The predicted molar refractivity (Wildman–Crippen MR) is 80.0 cm³/mol. The number of rotatable bonds is 11. The van der Waals surface area contributed by atoms with Crippen LogP contribution < -0.4 is 5.32 Å². The molecule has 0 atom stereocenters. The second-order valence-electron chi connectivity index (χ2n) is 4.78. The van der Waals surface area contributed by atoms with E-state index in [1.807, 2.05) is 6.92 Å². The van der Waals surface area contributed by atoms with Crippen molar-refractivity contribution in [2.75, 3.05) is 6.54 Å². The highest BCUT2D eigenvalue weighted by Crippen LogP contribution is 2.13. The second kappa shape index (κ2) is 11.7. The summed E-state index contributed by atoms with van der Waals surface area (Å²) in [5.41, 5.74) is 2.34. The summed E-state index contributed by atoms with van der Waals surface area (Å²) in [4.78, 5) is 21.3. The lowest BCUT2D eigenvalue weighted by Crippen LogP contribution is -2.16. The highest BCUT2D eigenvalue weighted by molar-refractivity contribution is 5.99. The van der Waals surface area contributed by atoms with Gasteiger partial charge in [0, 0.05) is 12.2 Å². The van der Waals surface area contributed by atoms with Gasteiger partial charge in [-0.2, -0.15) is 0 Å². The Labute approximate surface area is 117 Å². The molecule has 3 nitrogen and oxygen atoms in total.